The summed E-state index contributed by atoms with van der Waals surface area (Å²) in [7, 11) is 1.70. The van der Waals surface area contributed by atoms with Crippen molar-refractivity contribution in [1.82, 2.24) is 5.16 Å². The Balaban J connectivity index is 2.63. The molecule has 0 spiro atoms. The first kappa shape index (κ1) is 13.5. The van der Waals surface area contributed by atoms with E-state index in [-0.39, 0.29) is 5.41 Å². The summed E-state index contributed by atoms with van der Waals surface area (Å²) < 4.78 is 10.8. The molecule has 0 aliphatic heterocycles. The molecule has 0 fully saturated rings. The van der Waals surface area contributed by atoms with Crippen molar-refractivity contribution in [3.05, 3.63) is 29.3 Å². The molecule has 19 heavy (non-hydrogen) atoms. The quantitative estimate of drug-likeness (QED) is 0.897. The Labute approximate surface area is 113 Å². The van der Waals surface area contributed by atoms with E-state index in [0.717, 1.165) is 22.4 Å². The number of hydrogen-bond acceptors (Lipinski definition) is 4. The van der Waals surface area contributed by atoms with Gasteiger partial charge in [-0.3, -0.25) is 0 Å². The molecule has 1 aromatic heterocycles. The Hall–Kier alpha value is -1.97. The van der Waals surface area contributed by atoms with E-state index < -0.39 is 0 Å². The standard InChI is InChI=1S/C15H20N2O2/c1-9-6-10(12-8-13(16)17-19-12)7-11(14(9)18-5)15(2,3)4/h6-8H,1-5H3,(H2,16,17). The predicted octanol–water partition coefficient (Wildman–Crippen LogP) is 3.54. The van der Waals surface area contributed by atoms with Crippen molar-refractivity contribution in [3.8, 4) is 17.1 Å². The van der Waals surface area contributed by atoms with Crippen LogP contribution in [-0.4, -0.2) is 12.3 Å². The highest BCUT2D eigenvalue weighted by Crippen LogP contribution is 2.37. The summed E-state index contributed by atoms with van der Waals surface area (Å²) in [6.45, 7) is 8.49. The molecule has 2 aromatic rings. The summed E-state index contributed by atoms with van der Waals surface area (Å²) >= 11 is 0. The molecule has 2 N–H and O–H groups in total. The minimum absolute atomic E-state index is 0.0162. The second-order valence-electron chi connectivity index (χ2n) is 5.74. The van der Waals surface area contributed by atoms with Gasteiger partial charge in [0.2, 0.25) is 0 Å². The van der Waals surface area contributed by atoms with Crippen LogP contribution in [0.4, 0.5) is 5.82 Å². The van der Waals surface area contributed by atoms with E-state index in [4.69, 9.17) is 15.0 Å². The fourth-order valence-electron chi connectivity index (χ4n) is 2.17. The van der Waals surface area contributed by atoms with Gasteiger partial charge >= 0.3 is 0 Å². The zero-order valence-electron chi connectivity index (χ0n) is 12.1. The molecule has 2 rings (SSSR count). The Morgan fingerprint density at radius 3 is 2.37 bits per heavy atom. The number of hydrogen-bond donors (Lipinski definition) is 1. The van der Waals surface area contributed by atoms with Gasteiger partial charge in [0.05, 0.1) is 7.11 Å². The average molecular weight is 260 g/mol. The number of aryl methyl sites for hydroxylation is 1. The van der Waals surface area contributed by atoms with E-state index in [1.54, 1.807) is 13.2 Å². The molecule has 0 aliphatic carbocycles. The van der Waals surface area contributed by atoms with Gasteiger partial charge in [-0.1, -0.05) is 25.9 Å². The van der Waals surface area contributed by atoms with Crippen molar-refractivity contribution in [3.63, 3.8) is 0 Å². The first-order valence-corrected chi connectivity index (χ1v) is 6.24. The van der Waals surface area contributed by atoms with Gasteiger partial charge in [-0.2, -0.15) is 0 Å². The van der Waals surface area contributed by atoms with E-state index in [9.17, 15) is 0 Å². The summed E-state index contributed by atoms with van der Waals surface area (Å²) in [5.74, 6) is 1.98. The average Bonchev–Trinajstić information content (AvgIpc) is 2.73. The summed E-state index contributed by atoms with van der Waals surface area (Å²) in [6, 6.07) is 5.83. The van der Waals surface area contributed by atoms with E-state index in [1.165, 1.54) is 0 Å². The minimum atomic E-state index is -0.0162. The largest absolute Gasteiger partial charge is 0.496 e. The normalized spacial score (nSPS) is 11.6. The number of methoxy groups -OCH3 is 1. The Bertz CT molecular complexity index is 595. The maximum Gasteiger partial charge on any atom is 0.169 e. The highest BCUT2D eigenvalue weighted by molar-refractivity contribution is 5.65. The lowest BCUT2D eigenvalue weighted by Gasteiger charge is -2.24. The molecule has 4 nitrogen and oxygen atoms in total. The van der Waals surface area contributed by atoms with Crippen molar-refractivity contribution in [1.29, 1.82) is 0 Å². The van der Waals surface area contributed by atoms with Gasteiger partial charge in [-0.15, -0.1) is 0 Å². The first-order chi connectivity index (χ1) is 8.82. The minimum Gasteiger partial charge on any atom is -0.496 e. The third-order valence-electron chi connectivity index (χ3n) is 3.10. The van der Waals surface area contributed by atoms with Crippen LogP contribution in [-0.2, 0) is 5.41 Å². The molecule has 0 saturated heterocycles. The van der Waals surface area contributed by atoms with Crippen LogP contribution >= 0.6 is 0 Å². The van der Waals surface area contributed by atoms with Crippen LogP contribution in [0.1, 0.15) is 31.9 Å². The van der Waals surface area contributed by atoms with Crippen molar-refractivity contribution in [2.24, 2.45) is 0 Å². The fraction of sp³-hybridized carbons (Fsp3) is 0.400. The lowest BCUT2D eigenvalue weighted by Crippen LogP contribution is -2.13. The number of ether oxygens (including phenoxy) is 1. The molecule has 102 valence electrons. The van der Waals surface area contributed by atoms with E-state index >= 15 is 0 Å². The summed E-state index contributed by atoms with van der Waals surface area (Å²) in [4.78, 5) is 0. The predicted molar refractivity (Wildman–Crippen MR) is 76.3 cm³/mol. The third-order valence-corrected chi connectivity index (χ3v) is 3.10. The van der Waals surface area contributed by atoms with Gasteiger partial charge in [-0.25, -0.2) is 0 Å². The van der Waals surface area contributed by atoms with Crippen LogP contribution in [0, 0.1) is 6.92 Å². The molecule has 0 radical (unpaired) electrons. The zero-order valence-corrected chi connectivity index (χ0v) is 12.1. The van der Waals surface area contributed by atoms with Gasteiger partial charge in [0.1, 0.15) is 5.75 Å². The SMILES string of the molecule is COc1c(C)cc(-c2cc(N)no2)cc1C(C)(C)C. The third kappa shape index (κ3) is 2.57. The van der Waals surface area contributed by atoms with Crippen molar-refractivity contribution in [2.75, 3.05) is 12.8 Å². The van der Waals surface area contributed by atoms with Crippen LogP contribution in [0.15, 0.2) is 22.7 Å². The molecule has 1 aromatic carbocycles. The topological polar surface area (TPSA) is 61.3 Å². The van der Waals surface area contributed by atoms with E-state index in [0.29, 0.717) is 11.6 Å². The lowest BCUT2D eigenvalue weighted by molar-refractivity contribution is 0.394. The second kappa shape index (κ2) is 4.61. The number of benzene rings is 1. The number of nitrogen functional groups attached to an aromatic ring is 1. The van der Waals surface area contributed by atoms with Crippen LogP contribution in [0.3, 0.4) is 0 Å². The van der Waals surface area contributed by atoms with Gasteiger partial charge in [0.15, 0.2) is 11.6 Å². The van der Waals surface area contributed by atoms with Gasteiger partial charge in [0, 0.05) is 17.2 Å². The Morgan fingerprint density at radius 2 is 1.89 bits per heavy atom. The number of nitrogens with two attached hydrogens (primary N) is 1. The van der Waals surface area contributed by atoms with Crippen LogP contribution in [0.25, 0.3) is 11.3 Å². The van der Waals surface area contributed by atoms with E-state index in [1.807, 2.05) is 13.0 Å². The first-order valence-electron chi connectivity index (χ1n) is 6.24. The van der Waals surface area contributed by atoms with Crippen LogP contribution < -0.4 is 10.5 Å². The van der Waals surface area contributed by atoms with Crippen molar-refractivity contribution in [2.45, 2.75) is 33.1 Å². The molecular formula is C15H20N2O2. The molecule has 0 unspecified atom stereocenters. The molecule has 4 heteroatoms. The van der Waals surface area contributed by atoms with Crippen LogP contribution in [0.5, 0.6) is 5.75 Å². The fourth-order valence-corrected chi connectivity index (χ4v) is 2.17. The number of anilines is 1. The number of rotatable bonds is 2. The molecule has 0 bridgehead atoms. The summed E-state index contributed by atoms with van der Waals surface area (Å²) in [5.41, 5.74) is 8.76. The van der Waals surface area contributed by atoms with Crippen LogP contribution in [0.2, 0.25) is 0 Å². The molecular weight excluding hydrogens is 240 g/mol. The highest BCUT2D eigenvalue weighted by atomic mass is 16.5. The summed E-state index contributed by atoms with van der Waals surface area (Å²) in [5, 5.41) is 3.73. The smallest absolute Gasteiger partial charge is 0.169 e. The number of nitrogens with zero attached hydrogens (tertiary/aromatic N) is 1. The Kier molecular flexibility index (Phi) is 3.27. The molecule has 0 aliphatic rings. The summed E-state index contributed by atoms with van der Waals surface area (Å²) in [6.07, 6.45) is 0. The maximum atomic E-state index is 5.60. The molecule has 0 atom stereocenters. The number of aromatic nitrogens is 1. The monoisotopic (exact) mass is 260 g/mol. The van der Waals surface area contributed by atoms with Crippen molar-refractivity contribution >= 4 is 5.82 Å². The molecule has 0 saturated carbocycles. The zero-order chi connectivity index (χ0) is 14.2. The van der Waals surface area contributed by atoms with Gasteiger partial charge in [-0.05, 0) is 30.0 Å². The second-order valence-corrected chi connectivity index (χ2v) is 5.74. The van der Waals surface area contributed by atoms with Gasteiger partial charge in [0.25, 0.3) is 0 Å². The highest BCUT2D eigenvalue weighted by Gasteiger charge is 2.22. The molecule has 0 amide bonds. The maximum absolute atomic E-state index is 5.60. The Morgan fingerprint density at radius 1 is 1.21 bits per heavy atom. The van der Waals surface area contributed by atoms with E-state index in [2.05, 4.69) is 32.0 Å². The van der Waals surface area contributed by atoms with Gasteiger partial charge < -0.3 is 15.0 Å². The molecule has 1 heterocycles. The van der Waals surface area contributed by atoms with Crippen molar-refractivity contribution < 1.29 is 9.26 Å². The lowest BCUT2D eigenvalue weighted by atomic mass is 9.84.